The average Bonchev–Trinajstić information content (AvgIpc) is 3.11. The van der Waals surface area contributed by atoms with E-state index in [-0.39, 0.29) is 11.9 Å². The van der Waals surface area contributed by atoms with E-state index < -0.39 is 0 Å². The van der Waals surface area contributed by atoms with Gasteiger partial charge < -0.3 is 9.42 Å². The monoisotopic (exact) mass is 316 g/mol. The van der Waals surface area contributed by atoms with Crippen molar-refractivity contribution in [2.75, 3.05) is 26.7 Å². The second kappa shape index (κ2) is 5.45. The first kappa shape index (κ1) is 14.4. The van der Waals surface area contributed by atoms with E-state index in [1.165, 1.54) is 0 Å². The van der Waals surface area contributed by atoms with Crippen LogP contribution in [0.15, 0.2) is 10.7 Å². The van der Waals surface area contributed by atoms with Gasteiger partial charge in [-0.1, -0.05) is 5.16 Å². The molecule has 0 bridgehead atoms. The summed E-state index contributed by atoms with van der Waals surface area (Å²) < 4.78 is 5.31. The van der Waals surface area contributed by atoms with Crippen molar-refractivity contribution in [3.05, 3.63) is 29.2 Å². The van der Waals surface area contributed by atoms with Crippen molar-refractivity contribution in [3.8, 4) is 0 Å². The van der Waals surface area contributed by atoms with Gasteiger partial charge in [-0.15, -0.1) is 0 Å². The van der Waals surface area contributed by atoms with Crippen molar-refractivity contribution < 1.29 is 9.32 Å². The van der Waals surface area contributed by atoms with Gasteiger partial charge in [0, 0.05) is 25.6 Å². The van der Waals surface area contributed by atoms with Crippen molar-refractivity contribution in [2.24, 2.45) is 0 Å². The molecule has 1 amide bonds. The lowest BCUT2D eigenvalue weighted by Crippen LogP contribution is -2.49. The highest BCUT2D eigenvalue weighted by Crippen LogP contribution is 2.40. The molecule has 122 valence electrons. The van der Waals surface area contributed by atoms with Crippen LogP contribution in [0.3, 0.4) is 0 Å². The predicted molar refractivity (Wildman–Crippen MR) is 80.9 cm³/mol. The van der Waals surface area contributed by atoms with Crippen LogP contribution < -0.4 is 0 Å². The van der Waals surface area contributed by atoms with E-state index in [0.717, 1.165) is 25.1 Å². The molecule has 3 heterocycles. The lowest BCUT2D eigenvalue weighted by atomic mass is 10.1. The zero-order chi connectivity index (χ0) is 16.0. The molecule has 1 aliphatic heterocycles. The Labute approximate surface area is 133 Å². The van der Waals surface area contributed by atoms with E-state index in [1.54, 1.807) is 13.1 Å². The maximum Gasteiger partial charge on any atom is 0.257 e. The van der Waals surface area contributed by atoms with Crippen molar-refractivity contribution in [2.45, 2.75) is 31.7 Å². The van der Waals surface area contributed by atoms with Crippen LogP contribution in [0.2, 0.25) is 0 Å². The SMILES string of the molecule is Cc1noc(C2CN(C(=O)c3cn[nH]c3C3CC3)CCN2C)n1. The molecule has 1 atom stereocenters. The molecule has 0 radical (unpaired) electrons. The molecule has 0 aromatic carbocycles. The number of hydrogen-bond donors (Lipinski definition) is 1. The maximum atomic E-state index is 12.9. The lowest BCUT2D eigenvalue weighted by Gasteiger charge is -2.37. The molecule has 4 rings (SSSR count). The van der Waals surface area contributed by atoms with Gasteiger partial charge in [0.2, 0.25) is 5.89 Å². The molecule has 1 saturated carbocycles. The smallest absolute Gasteiger partial charge is 0.257 e. The zero-order valence-corrected chi connectivity index (χ0v) is 13.3. The van der Waals surface area contributed by atoms with Crippen LogP contribution in [0.25, 0.3) is 0 Å². The number of likely N-dealkylation sites (N-methyl/N-ethyl adjacent to an activating group) is 1. The second-order valence-corrected chi connectivity index (χ2v) is 6.40. The maximum absolute atomic E-state index is 12.9. The minimum atomic E-state index is -0.0647. The fraction of sp³-hybridized carbons (Fsp3) is 0.600. The molecule has 1 saturated heterocycles. The van der Waals surface area contributed by atoms with E-state index >= 15 is 0 Å². The fourth-order valence-electron chi connectivity index (χ4n) is 3.09. The molecule has 1 N–H and O–H groups in total. The third-order valence-electron chi connectivity index (χ3n) is 4.65. The summed E-state index contributed by atoms with van der Waals surface area (Å²) in [6, 6.07) is -0.0647. The number of nitrogens with one attached hydrogen (secondary N) is 1. The van der Waals surface area contributed by atoms with Gasteiger partial charge in [-0.3, -0.25) is 14.8 Å². The minimum absolute atomic E-state index is 0.0370. The Kier molecular flexibility index (Phi) is 3.41. The van der Waals surface area contributed by atoms with Crippen LogP contribution >= 0.6 is 0 Å². The van der Waals surface area contributed by atoms with Gasteiger partial charge in [-0.2, -0.15) is 10.1 Å². The summed E-state index contributed by atoms with van der Waals surface area (Å²) in [5.74, 6) is 1.69. The van der Waals surface area contributed by atoms with Gasteiger partial charge in [-0.25, -0.2) is 0 Å². The van der Waals surface area contributed by atoms with Gasteiger partial charge in [0.25, 0.3) is 5.91 Å². The summed E-state index contributed by atoms with van der Waals surface area (Å²) in [7, 11) is 2.01. The first-order valence-corrected chi connectivity index (χ1v) is 7.96. The Bertz CT molecular complexity index is 719. The number of aryl methyl sites for hydroxylation is 1. The number of nitrogens with zero attached hydrogens (tertiary/aromatic N) is 5. The topological polar surface area (TPSA) is 91.2 Å². The number of hydrogen-bond acceptors (Lipinski definition) is 6. The third-order valence-corrected chi connectivity index (χ3v) is 4.65. The Morgan fingerprint density at radius 1 is 1.39 bits per heavy atom. The van der Waals surface area contributed by atoms with Crippen LogP contribution in [-0.2, 0) is 0 Å². The number of amides is 1. The van der Waals surface area contributed by atoms with Crippen LogP contribution in [0, 0.1) is 6.92 Å². The minimum Gasteiger partial charge on any atom is -0.338 e. The molecule has 2 aromatic heterocycles. The standard InChI is InChI=1S/C15H20N6O2/c1-9-17-14(23-19-9)12-8-21(6-5-20(12)2)15(22)11-7-16-18-13(11)10-3-4-10/h7,10,12H,3-6,8H2,1-2H3,(H,16,18). The molecule has 8 nitrogen and oxygen atoms in total. The van der Waals surface area contributed by atoms with Crippen LogP contribution in [0.4, 0.5) is 0 Å². The van der Waals surface area contributed by atoms with Crippen molar-refractivity contribution >= 4 is 5.91 Å². The predicted octanol–water partition coefficient (Wildman–Crippen LogP) is 1.11. The molecule has 1 aliphatic carbocycles. The molecule has 2 aromatic rings. The molecular weight excluding hydrogens is 296 g/mol. The largest absolute Gasteiger partial charge is 0.338 e. The second-order valence-electron chi connectivity index (χ2n) is 6.40. The highest BCUT2D eigenvalue weighted by Gasteiger charge is 2.35. The summed E-state index contributed by atoms with van der Waals surface area (Å²) in [6.45, 7) is 3.81. The Hall–Kier alpha value is -2.22. The van der Waals surface area contributed by atoms with E-state index in [9.17, 15) is 4.79 Å². The van der Waals surface area contributed by atoms with Crippen molar-refractivity contribution in [3.63, 3.8) is 0 Å². The van der Waals surface area contributed by atoms with Gasteiger partial charge in [0.05, 0.1) is 17.5 Å². The van der Waals surface area contributed by atoms with E-state index in [1.807, 2.05) is 11.9 Å². The zero-order valence-electron chi connectivity index (χ0n) is 13.3. The number of H-pyrrole nitrogens is 1. The van der Waals surface area contributed by atoms with Crippen LogP contribution in [0.5, 0.6) is 0 Å². The molecular formula is C15H20N6O2. The highest BCUT2D eigenvalue weighted by molar-refractivity contribution is 5.95. The van der Waals surface area contributed by atoms with E-state index in [2.05, 4.69) is 25.2 Å². The molecule has 2 fully saturated rings. The Morgan fingerprint density at radius 3 is 2.91 bits per heavy atom. The quantitative estimate of drug-likeness (QED) is 0.912. The number of carbonyl (C=O) groups excluding carboxylic acids is 1. The lowest BCUT2D eigenvalue weighted by molar-refractivity contribution is 0.0488. The summed E-state index contributed by atoms with van der Waals surface area (Å²) in [5, 5.41) is 10.9. The summed E-state index contributed by atoms with van der Waals surface area (Å²) in [5.41, 5.74) is 1.69. The van der Waals surface area contributed by atoms with Gasteiger partial charge in [0.15, 0.2) is 5.82 Å². The summed E-state index contributed by atoms with van der Waals surface area (Å²) in [6.07, 6.45) is 3.92. The number of aromatic nitrogens is 4. The number of aromatic amines is 1. The van der Waals surface area contributed by atoms with Gasteiger partial charge >= 0.3 is 0 Å². The number of carbonyl (C=O) groups is 1. The average molecular weight is 316 g/mol. The summed E-state index contributed by atoms with van der Waals surface area (Å²) >= 11 is 0. The van der Waals surface area contributed by atoms with Crippen LogP contribution in [-0.4, -0.2) is 62.7 Å². The molecule has 8 heteroatoms. The normalized spacial score (nSPS) is 22.5. The van der Waals surface area contributed by atoms with E-state index in [4.69, 9.17) is 4.52 Å². The molecule has 1 unspecified atom stereocenters. The third kappa shape index (κ3) is 2.63. The van der Waals surface area contributed by atoms with Crippen molar-refractivity contribution in [1.82, 2.24) is 30.1 Å². The first-order valence-electron chi connectivity index (χ1n) is 7.96. The Balaban J connectivity index is 1.54. The number of rotatable bonds is 3. The molecule has 23 heavy (non-hydrogen) atoms. The van der Waals surface area contributed by atoms with Crippen molar-refractivity contribution in [1.29, 1.82) is 0 Å². The fourth-order valence-corrected chi connectivity index (χ4v) is 3.09. The first-order chi connectivity index (χ1) is 11.1. The highest BCUT2D eigenvalue weighted by atomic mass is 16.5. The molecule has 2 aliphatic rings. The van der Waals surface area contributed by atoms with Gasteiger partial charge in [-0.05, 0) is 26.8 Å². The Morgan fingerprint density at radius 2 is 2.22 bits per heavy atom. The summed E-state index contributed by atoms with van der Waals surface area (Å²) in [4.78, 5) is 21.2. The molecule has 0 spiro atoms. The van der Waals surface area contributed by atoms with Crippen LogP contribution in [0.1, 0.15) is 52.6 Å². The van der Waals surface area contributed by atoms with E-state index in [0.29, 0.717) is 36.3 Å². The number of piperazine rings is 1. The van der Waals surface area contributed by atoms with Gasteiger partial charge in [0.1, 0.15) is 6.04 Å².